The van der Waals surface area contributed by atoms with Crippen molar-refractivity contribution in [3.8, 4) is 22.6 Å². The Bertz CT molecular complexity index is 1560. The largest absolute Gasteiger partial charge is 0.443 e. The Morgan fingerprint density at radius 2 is 2.08 bits per heavy atom. The molecule has 5 aromatic heterocycles. The van der Waals surface area contributed by atoms with Gasteiger partial charge in [-0.05, 0) is 12.1 Å². The van der Waals surface area contributed by atoms with Crippen molar-refractivity contribution in [2.24, 2.45) is 7.05 Å². The van der Waals surface area contributed by atoms with Gasteiger partial charge in [-0.2, -0.15) is 13.9 Å². The van der Waals surface area contributed by atoms with Gasteiger partial charge >= 0.3 is 5.92 Å². The number of rotatable bonds is 6. The van der Waals surface area contributed by atoms with Crippen molar-refractivity contribution in [3.05, 3.63) is 66.0 Å². The second kappa shape index (κ2) is 8.22. The van der Waals surface area contributed by atoms with Crippen LogP contribution in [-0.2, 0) is 19.5 Å². The highest BCUT2D eigenvalue weighted by atomic mass is 35.5. The van der Waals surface area contributed by atoms with Crippen LogP contribution in [0.2, 0.25) is 5.02 Å². The van der Waals surface area contributed by atoms with E-state index >= 15 is 8.78 Å². The molecule has 6 rings (SSSR count). The van der Waals surface area contributed by atoms with Crippen LogP contribution in [-0.4, -0.2) is 45.8 Å². The fraction of sp³-hybridized carbons (Fsp3) is 0.227. The number of fused-ring (bicyclic) bond motifs is 3. The van der Waals surface area contributed by atoms with E-state index in [-0.39, 0.29) is 12.4 Å². The summed E-state index contributed by atoms with van der Waals surface area (Å²) in [6.07, 6.45) is 7.08. The Kier molecular flexibility index (Phi) is 5.10. The van der Waals surface area contributed by atoms with Gasteiger partial charge in [0.2, 0.25) is 5.82 Å². The molecule has 0 aliphatic carbocycles. The average molecular weight is 516 g/mol. The molecule has 6 heterocycles. The van der Waals surface area contributed by atoms with Gasteiger partial charge in [-0.15, -0.1) is 10.2 Å². The Balaban J connectivity index is 1.42. The third kappa shape index (κ3) is 3.46. The summed E-state index contributed by atoms with van der Waals surface area (Å²) >= 11 is 6.46. The van der Waals surface area contributed by atoms with E-state index in [1.54, 1.807) is 46.9 Å². The van der Waals surface area contributed by atoms with Crippen molar-refractivity contribution >= 4 is 23.2 Å². The van der Waals surface area contributed by atoms with Gasteiger partial charge < -0.3 is 14.3 Å². The van der Waals surface area contributed by atoms with E-state index in [0.29, 0.717) is 27.7 Å². The van der Waals surface area contributed by atoms with Crippen molar-refractivity contribution in [1.82, 2.24) is 39.1 Å². The number of halogens is 4. The number of aromatic nitrogens is 8. The number of aryl methyl sites for hydroxylation is 1. The SMILES string of the molecule is Cn1nccc1Nc1cc(-c2cc3n(c2)C[C@H](CF)n2c-3nnc2C(F)(F)c2ncco2)c(Cl)cn1. The van der Waals surface area contributed by atoms with Crippen molar-refractivity contribution in [1.29, 1.82) is 0 Å². The molecule has 0 saturated heterocycles. The second-order valence-corrected chi connectivity index (χ2v) is 8.63. The highest BCUT2D eigenvalue weighted by Gasteiger charge is 2.47. The van der Waals surface area contributed by atoms with E-state index in [1.165, 1.54) is 6.20 Å². The molecule has 0 amide bonds. The van der Waals surface area contributed by atoms with Gasteiger partial charge in [0, 0.05) is 43.2 Å². The number of alkyl halides is 3. The maximum absolute atomic E-state index is 15.1. The third-order valence-electron chi connectivity index (χ3n) is 6.00. The Hall–Kier alpha value is -4.13. The summed E-state index contributed by atoms with van der Waals surface area (Å²) in [7, 11) is 1.79. The molecule has 184 valence electrons. The van der Waals surface area contributed by atoms with E-state index in [1.807, 2.05) is 0 Å². The minimum atomic E-state index is -3.69. The molecule has 0 spiro atoms. The molecule has 36 heavy (non-hydrogen) atoms. The summed E-state index contributed by atoms with van der Waals surface area (Å²) in [5.41, 5.74) is 1.82. The lowest BCUT2D eigenvalue weighted by molar-refractivity contribution is -0.00192. The topological polar surface area (TPSA) is 104 Å². The highest BCUT2D eigenvalue weighted by molar-refractivity contribution is 6.33. The number of hydrogen-bond donors (Lipinski definition) is 1. The molecule has 1 aliphatic heterocycles. The first-order valence-corrected chi connectivity index (χ1v) is 11.1. The lowest BCUT2D eigenvalue weighted by Gasteiger charge is -2.27. The quantitative estimate of drug-likeness (QED) is 0.352. The molecule has 14 heteroatoms. The summed E-state index contributed by atoms with van der Waals surface area (Å²) < 4.78 is 53.7. The molecular weight excluding hydrogens is 499 g/mol. The van der Waals surface area contributed by atoms with Crippen LogP contribution in [0, 0.1) is 0 Å². The molecule has 0 unspecified atom stereocenters. The molecule has 0 bridgehead atoms. The van der Waals surface area contributed by atoms with Gasteiger partial charge in [-0.3, -0.25) is 9.25 Å². The number of nitrogens with one attached hydrogen (secondary N) is 1. The predicted molar refractivity (Wildman–Crippen MR) is 123 cm³/mol. The zero-order valence-corrected chi connectivity index (χ0v) is 19.4. The second-order valence-electron chi connectivity index (χ2n) is 8.22. The fourth-order valence-corrected chi connectivity index (χ4v) is 4.49. The van der Waals surface area contributed by atoms with E-state index in [4.69, 9.17) is 16.0 Å². The molecular formula is C22H17ClF3N9O. The smallest absolute Gasteiger partial charge is 0.380 e. The molecule has 1 N–H and O–H groups in total. The van der Waals surface area contributed by atoms with Crippen LogP contribution in [0.15, 0.2) is 53.7 Å². The molecule has 0 radical (unpaired) electrons. The zero-order valence-electron chi connectivity index (χ0n) is 18.6. The molecule has 1 aliphatic rings. The lowest BCUT2D eigenvalue weighted by atomic mass is 10.1. The van der Waals surface area contributed by atoms with Crippen molar-refractivity contribution in [2.75, 3.05) is 12.0 Å². The minimum Gasteiger partial charge on any atom is -0.443 e. The van der Waals surface area contributed by atoms with Gasteiger partial charge in [0.05, 0.1) is 29.2 Å². The summed E-state index contributed by atoms with van der Waals surface area (Å²) in [4.78, 5) is 7.87. The average Bonchev–Trinajstić information content (AvgIpc) is 3.66. The number of pyridine rings is 1. The first-order chi connectivity index (χ1) is 17.4. The highest BCUT2D eigenvalue weighted by Crippen LogP contribution is 2.41. The summed E-state index contributed by atoms with van der Waals surface area (Å²) in [5, 5.41) is 15.4. The monoisotopic (exact) mass is 515 g/mol. The normalized spacial score (nSPS) is 15.1. The third-order valence-corrected chi connectivity index (χ3v) is 6.30. The summed E-state index contributed by atoms with van der Waals surface area (Å²) in [6.45, 7) is -0.810. The van der Waals surface area contributed by atoms with Gasteiger partial charge in [0.1, 0.15) is 24.6 Å². The van der Waals surface area contributed by atoms with E-state index in [0.717, 1.165) is 22.8 Å². The molecule has 5 aromatic rings. The number of anilines is 2. The van der Waals surface area contributed by atoms with Crippen LogP contribution < -0.4 is 5.32 Å². The van der Waals surface area contributed by atoms with Crippen LogP contribution in [0.4, 0.5) is 24.8 Å². The standard InChI is InChI=1S/C22H17ClF3N9O/c1-33-18(2-3-29-33)30-17-7-14(15(23)9-28-17)12-6-16-19-31-32-20(22(25,26)21-27-4-5-36-21)35(19)13(8-24)11-34(16)10-12/h2-7,9-10,13H,8,11H2,1H3,(H,28,30)/t13-/m0/s1. The maximum atomic E-state index is 15.1. The van der Waals surface area contributed by atoms with Crippen LogP contribution in [0.3, 0.4) is 0 Å². The number of nitrogens with zero attached hydrogens (tertiary/aromatic N) is 8. The van der Waals surface area contributed by atoms with Crippen molar-refractivity contribution in [2.45, 2.75) is 18.5 Å². The summed E-state index contributed by atoms with van der Waals surface area (Å²) in [5.74, 6) is -3.91. The first kappa shape index (κ1) is 22.3. The number of oxazole rings is 1. The number of hydrogen-bond acceptors (Lipinski definition) is 7. The first-order valence-electron chi connectivity index (χ1n) is 10.8. The Morgan fingerprint density at radius 1 is 1.22 bits per heavy atom. The molecule has 10 nitrogen and oxygen atoms in total. The Labute approximate surface area is 206 Å². The molecule has 0 aromatic carbocycles. The minimum absolute atomic E-state index is 0.0916. The van der Waals surface area contributed by atoms with Crippen LogP contribution in [0.1, 0.15) is 17.8 Å². The van der Waals surface area contributed by atoms with E-state index in [2.05, 4.69) is 30.6 Å². The molecule has 0 fully saturated rings. The lowest BCUT2D eigenvalue weighted by Crippen LogP contribution is -2.30. The molecule has 0 saturated carbocycles. The van der Waals surface area contributed by atoms with Gasteiger partial charge in [-0.1, -0.05) is 11.6 Å². The van der Waals surface area contributed by atoms with Crippen LogP contribution in [0.5, 0.6) is 0 Å². The van der Waals surface area contributed by atoms with E-state index in [9.17, 15) is 4.39 Å². The van der Waals surface area contributed by atoms with Gasteiger partial charge in [0.25, 0.3) is 5.89 Å². The Morgan fingerprint density at radius 3 is 2.81 bits per heavy atom. The zero-order chi connectivity index (χ0) is 25.0. The molecule has 1 atom stereocenters. The van der Waals surface area contributed by atoms with Gasteiger partial charge in [0.15, 0.2) is 5.82 Å². The predicted octanol–water partition coefficient (Wildman–Crippen LogP) is 4.59. The van der Waals surface area contributed by atoms with Crippen molar-refractivity contribution < 1.29 is 17.6 Å². The van der Waals surface area contributed by atoms with Crippen LogP contribution >= 0.6 is 11.6 Å². The fourth-order valence-electron chi connectivity index (χ4n) is 4.28. The maximum Gasteiger partial charge on any atom is 0.380 e. The van der Waals surface area contributed by atoms with Gasteiger partial charge in [-0.25, -0.2) is 14.4 Å². The van der Waals surface area contributed by atoms with Crippen molar-refractivity contribution in [3.63, 3.8) is 0 Å². The summed E-state index contributed by atoms with van der Waals surface area (Å²) in [6, 6.07) is 4.35. The van der Waals surface area contributed by atoms with E-state index < -0.39 is 30.4 Å². The van der Waals surface area contributed by atoms with Crippen LogP contribution in [0.25, 0.3) is 22.6 Å².